The van der Waals surface area contributed by atoms with Gasteiger partial charge in [-0.15, -0.1) is 0 Å². The van der Waals surface area contributed by atoms with Crippen molar-refractivity contribution in [1.82, 2.24) is 20.2 Å². The average Bonchev–Trinajstić information content (AvgIpc) is 2.93. The monoisotopic (exact) mass is 302 g/mol. The van der Waals surface area contributed by atoms with Gasteiger partial charge in [0.1, 0.15) is 11.4 Å². The number of hydrogen-bond acceptors (Lipinski definition) is 5. The van der Waals surface area contributed by atoms with E-state index in [0.717, 1.165) is 15.9 Å². The van der Waals surface area contributed by atoms with Gasteiger partial charge in [-0.1, -0.05) is 30.0 Å². The van der Waals surface area contributed by atoms with Crippen molar-refractivity contribution in [2.75, 3.05) is 13.1 Å². The minimum Gasteiger partial charge on any atom is -0.336 e. The van der Waals surface area contributed by atoms with Gasteiger partial charge in [0.2, 0.25) is 5.91 Å². The molecule has 2 heterocycles. The molecule has 0 aliphatic carbocycles. The molecule has 21 heavy (non-hydrogen) atoms. The van der Waals surface area contributed by atoms with E-state index >= 15 is 0 Å². The van der Waals surface area contributed by atoms with Crippen LogP contribution in [-0.2, 0) is 4.79 Å². The molecule has 0 saturated carbocycles. The van der Waals surface area contributed by atoms with Gasteiger partial charge in [0.25, 0.3) is 0 Å². The van der Waals surface area contributed by atoms with Crippen LogP contribution in [0.2, 0.25) is 0 Å². The number of carbonyl (C=O) groups excluding carboxylic acids is 2. The van der Waals surface area contributed by atoms with E-state index in [1.165, 1.54) is 23.0 Å². The maximum atomic E-state index is 12.3. The number of hydrogen-bond donors (Lipinski definition) is 1. The minimum atomic E-state index is -0.382. The molecule has 2 aromatic rings. The second kappa shape index (κ2) is 5.69. The Kier molecular flexibility index (Phi) is 3.74. The molecule has 108 valence electrons. The molecule has 6 nitrogen and oxygen atoms in total. The van der Waals surface area contributed by atoms with Gasteiger partial charge >= 0.3 is 6.03 Å². The number of fused-ring (bicyclic) bond motifs is 1. The molecule has 1 aliphatic rings. The molecule has 1 saturated heterocycles. The third-order valence-corrected chi connectivity index (χ3v) is 4.37. The summed E-state index contributed by atoms with van der Waals surface area (Å²) in [5.74, 6) is -0.197. The molecule has 0 bridgehead atoms. The summed E-state index contributed by atoms with van der Waals surface area (Å²) in [7, 11) is 0. The largest absolute Gasteiger partial charge is 0.336 e. The number of amides is 3. The molecule has 3 rings (SSSR count). The van der Waals surface area contributed by atoms with E-state index in [-0.39, 0.29) is 17.2 Å². The Labute approximate surface area is 125 Å². The number of urea groups is 1. The number of aromatic nitrogens is 2. The average molecular weight is 302 g/mol. The zero-order chi connectivity index (χ0) is 14.8. The number of para-hydroxylation sites is 1. The highest BCUT2D eigenvalue weighted by Gasteiger charge is 2.30. The van der Waals surface area contributed by atoms with Gasteiger partial charge in [-0.25, -0.2) is 14.8 Å². The van der Waals surface area contributed by atoms with Crippen molar-refractivity contribution >= 4 is 34.6 Å². The molecule has 1 aromatic carbocycles. The highest BCUT2D eigenvalue weighted by molar-refractivity contribution is 8.00. The van der Waals surface area contributed by atoms with Crippen LogP contribution in [0.5, 0.6) is 0 Å². The van der Waals surface area contributed by atoms with E-state index in [1.807, 2.05) is 24.3 Å². The molecular weight excluding hydrogens is 288 g/mol. The normalized spacial score (nSPS) is 16.0. The van der Waals surface area contributed by atoms with Gasteiger partial charge < -0.3 is 5.32 Å². The highest BCUT2D eigenvalue weighted by Crippen LogP contribution is 2.28. The summed E-state index contributed by atoms with van der Waals surface area (Å²) in [6.07, 6.45) is 1.49. The predicted octanol–water partition coefficient (Wildman–Crippen LogP) is 1.66. The smallest absolute Gasteiger partial charge is 0.324 e. The third-order valence-electron chi connectivity index (χ3n) is 3.27. The molecule has 3 amide bonds. The molecule has 1 aliphatic heterocycles. The van der Waals surface area contributed by atoms with Gasteiger partial charge in [-0.3, -0.25) is 9.69 Å². The van der Waals surface area contributed by atoms with E-state index in [2.05, 4.69) is 15.3 Å². The lowest BCUT2D eigenvalue weighted by molar-refractivity contribution is -0.126. The molecule has 1 atom stereocenters. The maximum absolute atomic E-state index is 12.3. The topological polar surface area (TPSA) is 75.2 Å². The Morgan fingerprint density at radius 2 is 2.19 bits per heavy atom. The predicted molar refractivity (Wildman–Crippen MR) is 80.0 cm³/mol. The van der Waals surface area contributed by atoms with Crippen LogP contribution >= 0.6 is 11.8 Å². The van der Waals surface area contributed by atoms with Crippen LogP contribution in [0.4, 0.5) is 4.79 Å². The molecule has 1 unspecified atom stereocenters. The third kappa shape index (κ3) is 2.69. The summed E-state index contributed by atoms with van der Waals surface area (Å²) >= 11 is 1.35. The van der Waals surface area contributed by atoms with Crippen molar-refractivity contribution in [3.63, 3.8) is 0 Å². The van der Waals surface area contributed by atoms with Crippen molar-refractivity contribution in [3.05, 3.63) is 30.6 Å². The molecule has 7 heteroatoms. The fourth-order valence-corrected chi connectivity index (χ4v) is 3.16. The first-order valence-corrected chi connectivity index (χ1v) is 7.50. The Balaban J connectivity index is 1.81. The SMILES string of the molecule is CC(Sc1ncnc2ccccc12)C(=O)N1CCNC1=O. The fraction of sp³-hybridized carbons (Fsp3) is 0.286. The fourth-order valence-electron chi connectivity index (χ4n) is 2.19. The number of thioether (sulfide) groups is 1. The Morgan fingerprint density at radius 1 is 1.38 bits per heavy atom. The number of carbonyl (C=O) groups is 2. The molecule has 1 N–H and O–H groups in total. The number of imide groups is 1. The van der Waals surface area contributed by atoms with Crippen LogP contribution in [0, 0.1) is 0 Å². The number of nitrogens with one attached hydrogen (secondary N) is 1. The molecule has 1 fully saturated rings. The molecule has 0 radical (unpaired) electrons. The van der Waals surface area contributed by atoms with Crippen LogP contribution in [0.25, 0.3) is 10.9 Å². The second-order valence-electron chi connectivity index (χ2n) is 4.68. The van der Waals surface area contributed by atoms with Crippen molar-refractivity contribution in [2.24, 2.45) is 0 Å². The lowest BCUT2D eigenvalue weighted by Gasteiger charge is -2.17. The van der Waals surface area contributed by atoms with Crippen molar-refractivity contribution in [1.29, 1.82) is 0 Å². The number of nitrogens with zero attached hydrogens (tertiary/aromatic N) is 3. The summed E-state index contributed by atoms with van der Waals surface area (Å²) < 4.78 is 0. The number of rotatable bonds is 3. The zero-order valence-electron chi connectivity index (χ0n) is 11.4. The van der Waals surface area contributed by atoms with Gasteiger partial charge in [0.05, 0.1) is 10.8 Å². The first-order chi connectivity index (χ1) is 10.2. The van der Waals surface area contributed by atoms with E-state index in [1.54, 1.807) is 6.92 Å². The Hall–Kier alpha value is -2.15. The Bertz CT molecular complexity index is 701. The van der Waals surface area contributed by atoms with E-state index < -0.39 is 0 Å². The van der Waals surface area contributed by atoms with E-state index in [0.29, 0.717) is 13.1 Å². The summed E-state index contributed by atoms with van der Waals surface area (Å²) in [6, 6.07) is 7.34. The molecule has 0 spiro atoms. The van der Waals surface area contributed by atoms with Crippen molar-refractivity contribution in [2.45, 2.75) is 17.2 Å². The van der Waals surface area contributed by atoms with Gasteiger partial charge in [0.15, 0.2) is 0 Å². The first kappa shape index (κ1) is 13.8. The van der Waals surface area contributed by atoms with Crippen LogP contribution in [0.1, 0.15) is 6.92 Å². The van der Waals surface area contributed by atoms with Gasteiger partial charge in [0, 0.05) is 18.5 Å². The van der Waals surface area contributed by atoms with Crippen LogP contribution < -0.4 is 5.32 Å². The second-order valence-corrected chi connectivity index (χ2v) is 6.01. The van der Waals surface area contributed by atoms with E-state index in [4.69, 9.17) is 0 Å². The summed E-state index contributed by atoms with van der Waals surface area (Å²) in [4.78, 5) is 33.5. The minimum absolute atomic E-state index is 0.197. The summed E-state index contributed by atoms with van der Waals surface area (Å²) in [6.45, 7) is 2.72. The molecule has 1 aromatic heterocycles. The lowest BCUT2D eigenvalue weighted by Crippen LogP contribution is -2.38. The van der Waals surface area contributed by atoms with Crippen molar-refractivity contribution in [3.8, 4) is 0 Å². The highest BCUT2D eigenvalue weighted by atomic mass is 32.2. The quantitative estimate of drug-likeness (QED) is 0.689. The lowest BCUT2D eigenvalue weighted by atomic mass is 10.2. The Morgan fingerprint density at radius 3 is 2.95 bits per heavy atom. The zero-order valence-corrected chi connectivity index (χ0v) is 12.3. The number of benzene rings is 1. The summed E-state index contributed by atoms with van der Waals surface area (Å²) in [5, 5.41) is 3.91. The standard InChI is InChI=1S/C14H14N4O2S/c1-9(13(19)18-7-6-15-14(18)20)21-12-10-4-2-3-5-11(10)16-8-17-12/h2-5,8-9H,6-7H2,1H3,(H,15,20). The van der Waals surface area contributed by atoms with Gasteiger partial charge in [-0.05, 0) is 13.0 Å². The van der Waals surface area contributed by atoms with E-state index in [9.17, 15) is 9.59 Å². The molecular formula is C14H14N4O2S. The van der Waals surface area contributed by atoms with Crippen LogP contribution in [0.15, 0.2) is 35.6 Å². The van der Waals surface area contributed by atoms with Crippen LogP contribution in [-0.4, -0.2) is 45.1 Å². The summed E-state index contributed by atoms with van der Waals surface area (Å²) in [5.41, 5.74) is 0.841. The maximum Gasteiger partial charge on any atom is 0.324 e. The van der Waals surface area contributed by atoms with Crippen LogP contribution in [0.3, 0.4) is 0 Å². The van der Waals surface area contributed by atoms with Gasteiger partial charge in [-0.2, -0.15) is 0 Å². The van der Waals surface area contributed by atoms with Crippen molar-refractivity contribution < 1.29 is 9.59 Å². The first-order valence-electron chi connectivity index (χ1n) is 6.62.